The van der Waals surface area contributed by atoms with E-state index >= 15 is 0 Å². The maximum Gasteiger partial charge on any atom is 0.238 e. The van der Waals surface area contributed by atoms with Crippen molar-refractivity contribution < 1.29 is 13.2 Å². The maximum atomic E-state index is 11.4. The minimum atomic E-state index is -3.79. The number of nitrogens with one attached hydrogen (secondary N) is 1. The van der Waals surface area contributed by atoms with Crippen LogP contribution in [-0.2, 0) is 10.0 Å². The van der Waals surface area contributed by atoms with Crippen LogP contribution in [0.1, 0.15) is 0 Å². The molecule has 8 heteroatoms. The van der Waals surface area contributed by atoms with Crippen molar-refractivity contribution in [1.29, 1.82) is 0 Å². The first-order valence-corrected chi connectivity index (χ1v) is 8.18. The van der Waals surface area contributed by atoms with E-state index in [9.17, 15) is 8.42 Å². The summed E-state index contributed by atoms with van der Waals surface area (Å²) in [4.78, 5) is -0.0155. The molecular formula is C13H14BrN3O3S. The number of nitrogens with two attached hydrogens (primary N) is 2. The molecule has 2 aromatic rings. The summed E-state index contributed by atoms with van der Waals surface area (Å²) in [6, 6.07) is 9.58. The lowest BCUT2D eigenvalue weighted by atomic mass is 10.2. The van der Waals surface area contributed by atoms with Gasteiger partial charge in [-0.05, 0) is 46.3 Å². The molecule has 0 atom stereocenters. The molecule has 2 rings (SSSR count). The molecule has 0 bridgehead atoms. The van der Waals surface area contributed by atoms with Gasteiger partial charge in [0.2, 0.25) is 10.0 Å². The molecule has 5 N–H and O–H groups in total. The van der Waals surface area contributed by atoms with Crippen LogP contribution in [0.15, 0.2) is 45.8 Å². The summed E-state index contributed by atoms with van der Waals surface area (Å²) in [5.41, 5.74) is 7.38. The Bertz CT molecular complexity index is 778. The van der Waals surface area contributed by atoms with Gasteiger partial charge in [-0.25, -0.2) is 13.6 Å². The number of benzene rings is 2. The minimum absolute atomic E-state index is 0.0155. The van der Waals surface area contributed by atoms with E-state index in [-0.39, 0.29) is 4.90 Å². The van der Waals surface area contributed by atoms with Gasteiger partial charge in [0.25, 0.3) is 0 Å². The Hall–Kier alpha value is -1.77. The average Bonchev–Trinajstić information content (AvgIpc) is 2.42. The molecule has 0 saturated carbocycles. The molecular weight excluding hydrogens is 358 g/mol. The summed E-state index contributed by atoms with van der Waals surface area (Å²) >= 11 is 3.40. The molecule has 0 unspecified atom stereocenters. The summed E-state index contributed by atoms with van der Waals surface area (Å²) in [7, 11) is -2.23. The molecule has 0 aliphatic rings. The van der Waals surface area contributed by atoms with E-state index in [0.29, 0.717) is 22.8 Å². The Balaban J connectivity index is 2.44. The normalized spacial score (nSPS) is 11.2. The number of rotatable bonds is 4. The van der Waals surface area contributed by atoms with Gasteiger partial charge in [0.1, 0.15) is 5.75 Å². The first kappa shape index (κ1) is 15.6. The van der Waals surface area contributed by atoms with Crippen LogP contribution in [0, 0.1) is 0 Å². The van der Waals surface area contributed by atoms with E-state index in [0.717, 1.165) is 4.47 Å². The summed E-state index contributed by atoms with van der Waals surface area (Å²) < 4.78 is 28.7. The lowest BCUT2D eigenvalue weighted by Gasteiger charge is -2.13. The van der Waals surface area contributed by atoms with Crippen LogP contribution in [0.2, 0.25) is 0 Å². The number of methoxy groups -OCH3 is 1. The molecule has 0 saturated heterocycles. The average molecular weight is 372 g/mol. The number of hydrogen-bond acceptors (Lipinski definition) is 5. The molecule has 0 aliphatic carbocycles. The molecule has 0 amide bonds. The number of ether oxygens (including phenoxy) is 1. The Morgan fingerprint density at radius 1 is 1.14 bits per heavy atom. The van der Waals surface area contributed by atoms with Gasteiger partial charge in [-0.2, -0.15) is 0 Å². The Kier molecular flexibility index (Phi) is 4.40. The van der Waals surface area contributed by atoms with Crippen LogP contribution < -0.4 is 20.9 Å². The standard InChI is InChI=1S/C13H14BrN3O3S/c1-20-8-2-4-10(14)12(6-8)17-13-7-9(21(16,18)19)3-5-11(13)15/h2-7,17H,15H2,1H3,(H2,16,18,19). The first-order valence-electron chi connectivity index (χ1n) is 5.84. The van der Waals surface area contributed by atoms with Crippen molar-refractivity contribution in [2.75, 3.05) is 18.2 Å². The molecule has 2 aromatic carbocycles. The summed E-state index contributed by atoms with van der Waals surface area (Å²) in [6.07, 6.45) is 0. The molecule has 21 heavy (non-hydrogen) atoms. The third-order valence-electron chi connectivity index (χ3n) is 2.80. The lowest BCUT2D eigenvalue weighted by molar-refractivity contribution is 0.415. The number of hydrogen-bond donors (Lipinski definition) is 3. The van der Waals surface area contributed by atoms with Gasteiger partial charge in [0.15, 0.2) is 0 Å². The predicted molar refractivity (Wildman–Crippen MR) is 86.2 cm³/mol. The monoisotopic (exact) mass is 371 g/mol. The molecule has 6 nitrogen and oxygen atoms in total. The number of sulfonamides is 1. The second-order valence-corrected chi connectivity index (χ2v) is 6.68. The highest BCUT2D eigenvalue weighted by molar-refractivity contribution is 9.10. The number of nitrogen functional groups attached to an aromatic ring is 1. The predicted octanol–water partition coefficient (Wildman–Crippen LogP) is 2.43. The van der Waals surface area contributed by atoms with Crippen molar-refractivity contribution >= 4 is 43.0 Å². The SMILES string of the molecule is COc1ccc(Br)c(Nc2cc(S(N)(=O)=O)ccc2N)c1. The van der Waals surface area contributed by atoms with E-state index in [2.05, 4.69) is 21.2 Å². The van der Waals surface area contributed by atoms with E-state index < -0.39 is 10.0 Å². The number of primary sulfonamides is 1. The van der Waals surface area contributed by atoms with E-state index in [1.807, 2.05) is 0 Å². The van der Waals surface area contributed by atoms with Crippen LogP contribution in [0.5, 0.6) is 5.75 Å². The van der Waals surface area contributed by atoms with Gasteiger partial charge in [0.05, 0.1) is 29.1 Å². The molecule has 0 heterocycles. The molecule has 0 aliphatic heterocycles. The number of anilines is 3. The largest absolute Gasteiger partial charge is 0.497 e. The molecule has 112 valence electrons. The van der Waals surface area contributed by atoms with Crippen molar-refractivity contribution in [2.24, 2.45) is 5.14 Å². The molecule has 0 spiro atoms. The third-order valence-corrected chi connectivity index (χ3v) is 4.40. The van der Waals surface area contributed by atoms with Crippen molar-refractivity contribution in [2.45, 2.75) is 4.90 Å². The highest BCUT2D eigenvalue weighted by Crippen LogP contribution is 2.32. The van der Waals surface area contributed by atoms with Gasteiger partial charge in [-0.3, -0.25) is 0 Å². The van der Waals surface area contributed by atoms with Crippen LogP contribution >= 0.6 is 15.9 Å². The van der Waals surface area contributed by atoms with Crippen LogP contribution in [0.25, 0.3) is 0 Å². The highest BCUT2D eigenvalue weighted by atomic mass is 79.9. The summed E-state index contributed by atoms with van der Waals surface area (Å²) in [5.74, 6) is 0.655. The zero-order valence-corrected chi connectivity index (χ0v) is 13.5. The topological polar surface area (TPSA) is 107 Å². The highest BCUT2D eigenvalue weighted by Gasteiger charge is 2.11. The number of halogens is 1. The van der Waals surface area contributed by atoms with Crippen LogP contribution in [0.3, 0.4) is 0 Å². The Morgan fingerprint density at radius 2 is 1.86 bits per heavy atom. The quantitative estimate of drug-likeness (QED) is 0.715. The van der Waals surface area contributed by atoms with Gasteiger partial charge in [-0.15, -0.1) is 0 Å². The fraction of sp³-hybridized carbons (Fsp3) is 0.0769. The molecule has 0 fully saturated rings. The van der Waals surface area contributed by atoms with Crippen LogP contribution in [-0.4, -0.2) is 15.5 Å². The van der Waals surface area contributed by atoms with Gasteiger partial charge >= 0.3 is 0 Å². The van der Waals surface area contributed by atoms with Crippen molar-refractivity contribution in [3.63, 3.8) is 0 Å². The van der Waals surface area contributed by atoms with Gasteiger partial charge in [-0.1, -0.05) is 0 Å². The van der Waals surface area contributed by atoms with E-state index in [1.165, 1.54) is 18.2 Å². The zero-order chi connectivity index (χ0) is 15.6. The second kappa shape index (κ2) is 5.92. The molecule has 0 radical (unpaired) electrons. The minimum Gasteiger partial charge on any atom is -0.497 e. The first-order chi connectivity index (χ1) is 9.81. The van der Waals surface area contributed by atoms with Crippen molar-refractivity contribution in [3.05, 3.63) is 40.9 Å². The maximum absolute atomic E-state index is 11.4. The fourth-order valence-electron chi connectivity index (χ4n) is 1.69. The van der Waals surface area contributed by atoms with Gasteiger partial charge < -0.3 is 15.8 Å². The third kappa shape index (κ3) is 3.66. The Morgan fingerprint density at radius 3 is 2.48 bits per heavy atom. The van der Waals surface area contributed by atoms with Gasteiger partial charge in [0, 0.05) is 10.5 Å². The van der Waals surface area contributed by atoms with E-state index in [4.69, 9.17) is 15.6 Å². The zero-order valence-electron chi connectivity index (χ0n) is 11.1. The second-order valence-electron chi connectivity index (χ2n) is 4.26. The molecule has 0 aromatic heterocycles. The smallest absolute Gasteiger partial charge is 0.238 e. The summed E-state index contributed by atoms with van der Waals surface area (Å²) in [5, 5.41) is 8.17. The summed E-state index contributed by atoms with van der Waals surface area (Å²) in [6.45, 7) is 0. The van der Waals surface area contributed by atoms with Crippen molar-refractivity contribution in [1.82, 2.24) is 0 Å². The Labute approximate surface area is 131 Å². The van der Waals surface area contributed by atoms with Crippen molar-refractivity contribution in [3.8, 4) is 5.75 Å². The fourth-order valence-corrected chi connectivity index (χ4v) is 2.58. The van der Waals surface area contributed by atoms with E-state index in [1.54, 1.807) is 25.3 Å². The lowest BCUT2D eigenvalue weighted by Crippen LogP contribution is -2.12. The van der Waals surface area contributed by atoms with Crippen LogP contribution in [0.4, 0.5) is 17.1 Å².